The SMILES string of the molecule is COC(=O)Cc1ccc(OCc2ccccc2I)c(/C=C\CCN(C)C)c1. The summed E-state index contributed by atoms with van der Waals surface area (Å²) >= 11 is 2.32. The second-order valence-corrected chi connectivity index (χ2v) is 7.66. The molecule has 0 unspecified atom stereocenters. The zero-order valence-corrected chi connectivity index (χ0v) is 18.2. The van der Waals surface area contributed by atoms with Gasteiger partial charge >= 0.3 is 5.97 Å². The second kappa shape index (κ2) is 11.1. The first kappa shape index (κ1) is 21.4. The molecule has 27 heavy (non-hydrogen) atoms. The number of benzene rings is 2. The molecule has 0 spiro atoms. The van der Waals surface area contributed by atoms with E-state index in [0.29, 0.717) is 6.61 Å². The van der Waals surface area contributed by atoms with Crippen LogP contribution in [-0.2, 0) is 22.6 Å². The number of carbonyl (C=O) groups excluding carboxylic acids is 1. The normalized spacial score (nSPS) is 11.1. The van der Waals surface area contributed by atoms with Gasteiger partial charge in [-0.3, -0.25) is 4.79 Å². The van der Waals surface area contributed by atoms with Crippen LogP contribution in [0.2, 0.25) is 0 Å². The van der Waals surface area contributed by atoms with Crippen LogP contribution in [-0.4, -0.2) is 38.6 Å². The van der Waals surface area contributed by atoms with Gasteiger partial charge in [-0.05, 0) is 66.9 Å². The Balaban J connectivity index is 2.17. The molecule has 2 aromatic rings. The molecule has 2 aromatic carbocycles. The molecule has 144 valence electrons. The summed E-state index contributed by atoms with van der Waals surface area (Å²) in [6.45, 7) is 1.49. The van der Waals surface area contributed by atoms with Crippen molar-refractivity contribution in [1.29, 1.82) is 0 Å². The Morgan fingerprint density at radius 2 is 1.96 bits per heavy atom. The van der Waals surface area contributed by atoms with Crippen molar-refractivity contribution in [2.24, 2.45) is 0 Å². The number of halogens is 1. The molecular weight excluding hydrogens is 453 g/mol. The first-order valence-corrected chi connectivity index (χ1v) is 9.94. The molecule has 2 rings (SSSR count). The minimum atomic E-state index is -0.245. The Morgan fingerprint density at radius 3 is 2.67 bits per heavy atom. The number of ether oxygens (including phenoxy) is 2. The lowest BCUT2D eigenvalue weighted by molar-refractivity contribution is -0.139. The van der Waals surface area contributed by atoms with Gasteiger partial charge in [-0.2, -0.15) is 0 Å². The standard InChI is InChI=1S/C22H26INO3/c1-24(2)13-7-6-8-18-14-17(15-22(25)26-3)11-12-21(18)27-16-19-9-4-5-10-20(19)23/h4-6,8-12,14H,7,13,15-16H2,1-3H3/b8-6-. The summed E-state index contributed by atoms with van der Waals surface area (Å²) in [4.78, 5) is 13.7. The molecule has 0 saturated heterocycles. The van der Waals surface area contributed by atoms with Crippen LogP contribution in [0, 0.1) is 3.57 Å². The zero-order valence-electron chi connectivity index (χ0n) is 16.1. The van der Waals surface area contributed by atoms with Crippen molar-refractivity contribution in [3.8, 4) is 5.75 Å². The smallest absolute Gasteiger partial charge is 0.309 e. The highest BCUT2D eigenvalue weighted by atomic mass is 127. The van der Waals surface area contributed by atoms with E-state index in [0.717, 1.165) is 35.4 Å². The third-order valence-electron chi connectivity index (χ3n) is 4.03. The van der Waals surface area contributed by atoms with Crippen LogP contribution >= 0.6 is 22.6 Å². The summed E-state index contributed by atoms with van der Waals surface area (Å²) in [6, 6.07) is 14.0. The van der Waals surface area contributed by atoms with Gasteiger partial charge in [-0.25, -0.2) is 0 Å². The topological polar surface area (TPSA) is 38.8 Å². The van der Waals surface area contributed by atoms with E-state index in [4.69, 9.17) is 9.47 Å². The predicted octanol–water partition coefficient (Wildman–Crippen LogP) is 4.55. The van der Waals surface area contributed by atoms with Gasteiger partial charge in [-0.15, -0.1) is 0 Å². The van der Waals surface area contributed by atoms with E-state index < -0.39 is 0 Å². The Kier molecular flexibility index (Phi) is 8.81. The highest BCUT2D eigenvalue weighted by molar-refractivity contribution is 14.1. The summed E-state index contributed by atoms with van der Waals surface area (Å²) in [5, 5.41) is 0. The fourth-order valence-electron chi connectivity index (χ4n) is 2.52. The first-order chi connectivity index (χ1) is 13.0. The minimum Gasteiger partial charge on any atom is -0.488 e. The highest BCUT2D eigenvalue weighted by Crippen LogP contribution is 2.24. The third-order valence-corrected chi connectivity index (χ3v) is 5.08. The van der Waals surface area contributed by atoms with E-state index in [-0.39, 0.29) is 12.4 Å². The molecule has 0 radical (unpaired) electrons. The molecule has 0 amide bonds. The number of esters is 1. The molecule has 0 atom stereocenters. The molecule has 0 saturated carbocycles. The average molecular weight is 479 g/mol. The van der Waals surface area contributed by atoms with Gasteiger partial charge in [-0.1, -0.05) is 36.4 Å². The van der Waals surface area contributed by atoms with Crippen molar-refractivity contribution >= 4 is 34.6 Å². The van der Waals surface area contributed by atoms with Crippen molar-refractivity contribution in [3.05, 3.63) is 68.8 Å². The van der Waals surface area contributed by atoms with Crippen LogP contribution in [0.25, 0.3) is 6.08 Å². The van der Waals surface area contributed by atoms with Gasteiger partial charge < -0.3 is 14.4 Å². The lowest BCUT2D eigenvalue weighted by Gasteiger charge is -2.12. The summed E-state index contributed by atoms with van der Waals surface area (Å²) in [7, 11) is 5.52. The minimum absolute atomic E-state index is 0.245. The molecule has 0 aliphatic heterocycles. The van der Waals surface area contributed by atoms with Crippen molar-refractivity contribution in [1.82, 2.24) is 4.90 Å². The monoisotopic (exact) mass is 479 g/mol. The molecule has 0 heterocycles. The van der Waals surface area contributed by atoms with E-state index in [1.807, 2.05) is 30.3 Å². The fraction of sp³-hybridized carbons (Fsp3) is 0.318. The summed E-state index contributed by atoms with van der Waals surface area (Å²) in [6.07, 6.45) is 5.40. The van der Waals surface area contributed by atoms with Gasteiger partial charge in [0.1, 0.15) is 12.4 Å². The maximum Gasteiger partial charge on any atom is 0.309 e. The van der Waals surface area contributed by atoms with Gasteiger partial charge in [0, 0.05) is 21.2 Å². The molecule has 0 aromatic heterocycles. The molecule has 0 bridgehead atoms. The number of hydrogen-bond acceptors (Lipinski definition) is 4. The molecule has 4 nitrogen and oxygen atoms in total. The van der Waals surface area contributed by atoms with Gasteiger partial charge in [0.15, 0.2) is 0 Å². The third kappa shape index (κ3) is 7.34. The van der Waals surface area contributed by atoms with E-state index in [1.54, 1.807) is 0 Å². The maximum atomic E-state index is 11.6. The van der Waals surface area contributed by atoms with Crippen molar-refractivity contribution in [3.63, 3.8) is 0 Å². The Bertz CT molecular complexity index is 787. The Labute approximate surface area is 175 Å². The highest BCUT2D eigenvalue weighted by Gasteiger charge is 2.08. The Hall–Kier alpha value is -1.86. The van der Waals surface area contributed by atoms with Gasteiger partial charge in [0.2, 0.25) is 0 Å². The van der Waals surface area contributed by atoms with Crippen molar-refractivity contribution < 1.29 is 14.3 Å². The molecule has 5 heteroatoms. The predicted molar refractivity (Wildman–Crippen MR) is 118 cm³/mol. The van der Waals surface area contributed by atoms with Crippen molar-refractivity contribution in [2.45, 2.75) is 19.4 Å². The largest absolute Gasteiger partial charge is 0.488 e. The lowest BCUT2D eigenvalue weighted by Crippen LogP contribution is -2.11. The van der Waals surface area contributed by atoms with Crippen LogP contribution in [0.15, 0.2) is 48.5 Å². The van der Waals surface area contributed by atoms with E-state index in [9.17, 15) is 4.79 Å². The molecule has 0 aliphatic rings. The molecule has 0 fully saturated rings. The van der Waals surface area contributed by atoms with E-state index in [1.165, 1.54) is 10.7 Å². The van der Waals surface area contributed by atoms with Crippen LogP contribution in [0.3, 0.4) is 0 Å². The maximum absolute atomic E-state index is 11.6. The zero-order chi connectivity index (χ0) is 19.6. The number of hydrogen-bond donors (Lipinski definition) is 0. The van der Waals surface area contributed by atoms with Crippen LogP contribution in [0.5, 0.6) is 5.75 Å². The molecule has 0 aliphatic carbocycles. The number of rotatable bonds is 9. The fourth-order valence-corrected chi connectivity index (χ4v) is 3.07. The summed E-state index contributed by atoms with van der Waals surface area (Å²) in [5.41, 5.74) is 3.04. The summed E-state index contributed by atoms with van der Waals surface area (Å²) < 4.78 is 12.0. The van der Waals surface area contributed by atoms with Crippen LogP contribution in [0.1, 0.15) is 23.1 Å². The molecular formula is C22H26INO3. The van der Waals surface area contributed by atoms with E-state index >= 15 is 0 Å². The second-order valence-electron chi connectivity index (χ2n) is 6.50. The molecule has 0 N–H and O–H groups in total. The number of methoxy groups -OCH3 is 1. The van der Waals surface area contributed by atoms with Gasteiger partial charge in [0.25, 0.3) is 0 Å². The number of carbonyl (C=O) groups is 1. The average Bonchev–Trinajstić information content (AvgIpc) is 2.65. The lowest BCUT2D eigenvalue weighted by atomic mass is 10.1. The number of nitrogens with zero attached hydrogens (tertiary/aromatic N) is 1. The van der Waals surface area contributed by atoms with Gasteiger partial charge in [0.05, 0.1) is 13.5 Å². The summed E-state index contributed by atoms with van der Waals surface area (Å²) in [5.74, 6) is 0.564. The van der Waals surface area contributed by atoms with Crippen LogP contribution in [0.4, 0.5) is 0 Å². The van der Waals surface area contributed by atoms with Crippen LogP contribution < -0.4 is 4.74 Å². The van der Waals surface area contributed by atoms with Crippen molar-refractivity contribution in [2.75, 3.05) is 27.7 Å². The Morgan fingerprint density at radius 1 is 1.19 bits per heavy atom. The quantitative estimate of drug-likeness (QED) is 0.391. The first-order valence-electron chi connectivity index (χ1n) is 8.87. The van der Waals surface area contributed by atoms with E-state index in [2.05, 4.69) is 65.9 Å².